The van der Waals surface area contributed by atoms with Crippen LogP contribution in [0.2, 0.25) is 0 Å². The second-order valence-corrected chi connectivity index (χ2v) is 6.33. The number of carbonyl (C=O) groups is 1. The van der Waals surface area contributed by atoms with Gasteiger partial charge in [0.1, 0.15) is 0 Å². The summed E-state index contributed by atoms with van der Waals surface area (Å²) in [4.78, 5) is 12.3. The first-order valence-electron chi connectivity index (χ1n) is 6.56. The molecular weight excluding hydrogens is 290 g/mol. The highest BCUT2D eigenvalue weighted by molar-refractivity contribution is 9.10. The summed E-state index contributed by atoms with van der Waals surface area (Å²) in [7, 11) is 0. The van der Waals surface area contributed by atoms with Crippen LogP contribution in [0.4, 0.5) is 5.69 Å². The van der Waals surface area contributed by atoms with E-state index in [1.54, 1.807) is 0 Å². The Balaban J connectivity index is 2.17. The molecule has 1 fully saturated rings. The first kappa shape index (κ1) is 13.6. The van der Waals surface area contributed by atoms with Crippen molar-refractivity contribution in [3.8, 4) is 0 Å². The summed E-state index contributed by atoms with van der Waals surface area (Å²) in [6.45, 7) is 6.25. The van der Waals surface area contributed by atoms with Crippen LogP contribution >= 0.6 is 15.9 Å². The van der Waals surface area contributed by atoms with E-state index in [0.717, 1.165) is 27.7 Å². The number of rotatable bonds is 2. The van der Waals surface area contributed by atoms with E-state index in [1.165, 1.54) is 12.8 Å². The summed E-state index contributed by atoms with van der Waals surface area (Å²) in [5.74, 6) is 0.891. The summed E-state index contributed by atoms with van der Waals surface area (Å²) in [5.41, 5.74) is 3.20. The SMILES string of the molecule is Cc1cc(Br)cc(C)c1NC(=O)C1CCCC1C. The van der Waals surface area contributed by atoms with Gasteiger partial charge < -0.3 is 5.32 Å². The van der Waals surface area contributed by atoms with Gasteiger partial charge in [-0.2, -0.15) is 0 Å². The predicted octanol–water partition coefficient (Wildman–Crippen LogP) is 4.44. The second kappa shape index (κ2) is 5.43. The molecule has 0 spiro atoms. The van der Waals surface area contributed by atoms with Crippen molar-refractivity contribution in [2.24, 2.45) is 11.8 Å². The number of hydrogen-bond donors (Lipinski definition) is 1. The summed E-state index contributed by atoms with van der Waals surface area (Å²) in [5, 5.41) is 3.12. The van der Waals surface area contributed by atoms with Gasteiger partial charge in [-0.3, -0.25) is 4.79 Å². The number of hydrogen-bond acceptors (Lipinski definition) is 1. The van der Waals surface area contributed by atoms with Crippen LogP contribution in [0.1, 0.15) is 37.3 Å². The number of carbonyl (C=O) groups excluding carboxylic acids is 1. The van der Waals surface area contributed by atoms with E-state index >= 15 is 0 Å². The zero-order valence-electron chi connectivity index (χ0n) is 11.2. The zero-order valence-corrected chi connectivity index (χ0v) is 12.8. The molecule has 0 saturated heterocycles. The van der Waals surface area contributed by atoms with Crippen molar-refractivity contribution in [3.63, 3.8) is 0 Å². The third-order valence-electron chi connectivity index (χ3n) is 3.94. The molecule has 2 rings (SSSR count). The Morgan fingerprint density at radius 1 is 1.28 bits per heavy atom. The molecule has 18 heavy (non-hydrogen) atoms. The topological polar surface area (TPSA) is 29.1 Å². The Kier molecular flexibility index (Phi) is 4.10. The van der Waals surface area contributed by atoms with E-state index in [4.69, 9.17) is 0 Å². The first-order valence-corrected chi connectivity index (χ1v) is 7.36. The van der Waals surface area contributed by atoms with Crippen molar-refractivity contribution in [1.29, 1.82) is 0 Å². The van der Waals surface area contributed by atoms with E-state index in [9.17, 15) is 4.79 Å². The molecule has 1 aromatic rings. The number of benzene rings is 1. The van der Waals surface area contributed by atoms with Crippen LogP contribution in [0, 0.1) is 25.7 Å². The summed E-state index contributed by atoms with van der Waals surface area (Å²) in [6, 6.07) is 4.08. The standard InChI is InChI=1S/C15H20BrNO/c1-9-5-4-6-13(9)15(18)17-14-10(2)7-12(16)8-11(14)3/h7-9,13H,4-6H2,1-3H3,(H,17,18). The van der Waals surface area contributed by atoms with E-state index in [-0.39, 0.29) is 11.8 Å². The van der Waals surface area contributed by atoms with Crippen LogP contribution < -0.4 is 5.32 Å². The number of anilines is 1. The third kappa shape index (κ3) is 2.77. The smallest absolute Gasteiger partial charge is 0.227 e. The van der Waals surface area contributed by atoms with E-state index in [2.05, 4.69) is 28.2 Å². The Labute approximate surface area is 117 Å². The van der Waals surface area contributed by atoms with Gasteiger partial charge in [0.25, 0.3) is 0 Å². The quantitative estimate of drug-likeness (QED) is 0.859. The number of amides is 1. The fourth-order valence-electron chi connectivity index (χ4n) is 2.86. The van der Waals surface area contributed by atoms with E-state index < -0.39 is 0 Å². The molecule has 0 heterocycles. The van der Waals surface area contributed by atoms with Crippen molar-refractivity contribution in [2.45, 2.75) is 40.0 Å². The monoisotopic (exact) mass is 309 g/mol. The molecule has 0 aliphatic heterocycles. The maximum absolute atomic E-state index is 12.3. The highest BCUT2D eigenvalue weighted by atomic mass is 79.9. The van der Waals surface area contributed by atoms with E-state index in [0.29, 0.717) is 5.92 Å². The average molecular weight is 310 g/mol. The van der Waals surface area contributed by atoms with Crippen molar-refractivity contribution < 1.29 is 4.79 Å². The molecule has 0 bridgehead atoms. The Bertz CT molecular complexity index is 447. The van der Waals surface area contributed by atoms with Gasteiger partial charge in [0.2, 0.25) is 5.91 Å². The number of halogens is 1. The van der Waals surface area contributed by atoms with Crippen molar-refractivity contribution >= 4 is 27.5 Å². The first-order chi connectivity index (χ1) is 8.49. The zero-order chi connectivity index (χ0) is 13.3. The Morgan fingerprint density at radius 3 is 2.39 bits per heavy atom. The molecule has 1 N–H and O–H groups in total. The lowest BCUT2D eigenvalue weighted by atomic mass is 9.97. The summed E-state index contributed by atoms with van der Waals surface area (Å²) < 4.78 is 1.06. The second-order valence-electron chi connectivity index (χ2n) is 5.42. The van der Waals surface area contributed by atoms with Gasteiger partial charge in [0.05, 0.1) is 0 Å². The summed E-state index contributed by atoms with van der Waals surface area (Å²) in [6.07, 6.45) is 3.38. The van der Waals surface area contributed by atoms with Gasteiger partial charge in [-0.25, -0.2) is 0 Å². The van der Waals surface area contributed by atoms with E-state index in [1.807, 2.05) is 26.0 Å². The molecule has 1 aliphatic carbocycles. The number of aryl methyl sites for hydroxylation is 2. The molecule has 1 amide bonds. The Hall–Kier alpha value is -0.830. The molecule has 0 radical (unpaired) electrons. The van der Waals surface area contributed by atoms with Gasteiger partial charge in [-0.1, -0.05) is 29.3 Å². The average Bonchev–Trinajstić information content (AvgIpc) is 2.69. The van der Waals surface area contributed by atoms with Crippen molar-refractivity contribution in [3.05, 3.63) is 27.7 Å². The van der Waals surface area contributed by atoms with Crippen molar-refractivity contribution in [1.82, 2.24) is 0 Å². The molecule has 0 aromatic heterocycles. The van der Waals surface area contributed by atoms with Crippen LogP contribution in [0.3, 0.4) is 0 Å². The van der Waals surface area contributed by atoms with Gasteiger partial charge in [-0.05, 0) is 55.9 Å². The lowest BCUT2D eigenvalue weighted by Gasteiger charge is -2.18. The van der Waals surface area contributed by atoms with Crippen LogP contribution in [-0.4, -0.2) is 5.91 Å². The molecule has 1 aromatic carbocycles. The predicted molar refractivity (Wildman–Crippen MR) is 78.8 cm³/mol. The van der Waals surface area contributed by atoms with Crippen molar-refractivity contribution in [2.75, 3.05) is 5.32 Å². The molecule has 2 atom stereocenters. The van der Waals surface area contributed by atoms with Gasteiger partial charge in [-0.15, -0.1) is 0 Å². The van der Waals surface area contributed by atoms with Crippen LogP contribution in [0.5, 0.6) is 0 Å². The Morgan fingerprint density at radius 2 is 1.89 bits per heavy atom. The van der Waals surface area contributed by atoms with Crippen LogP contribution in [-0.2, 0) is 4.79 Å². The normalized spacial score (nSPS) is 23.1. The molecule has 1 aliphatic rings. The maximum atomic E-state index is 12.3. The van der Waals surface area contributed by atoms with Crippen LogP contribution in [0.25, 0.3) is 0 Å². The molecule has 3 heteroatoms. The summed E-state index contributed by atoms with van der Waals surface area (Å²) >= 11 is 3.48. The highest BCUT2D eigenvalue weighted by Crippen LogP contribution is 2.33. The number of nitrogens with one attached hydrogen (secondary N) is 1. The molecule has 98 valence electrons. The van der Waals surface area contributed by atoms with Gasteiger partial charge in [0, 0.05) is 16.1 Å². The van der Waals surface area contributed by atoms with Crippen LogP contribution in [0.15, 0.2) is 16.6 Å². The minimum absolute atomic E-state index is 0.187. The fourth-order valence-corrected chi connectivity index (χ4v) is 3.55. The molecular formula is C15H20BrNO. The highest BCUT2D eigenvalue weighted by Gasteiger charge is 2.30. The maximum Gasteiger partial charge on any atom is 0.227 e. The van der Waals surface area contributed by atoms with Gasteiger partial charge in [0.15, 0.2) is 0 Å². The fraction of sp³-hybridized carbons (Fsp3) is 0.533. The lowest BCUT2D eigenvalue weighted by molar-refractivity contribution is -0.120. The van der Waals surface area contributed by atoms with Gasteiger partial charge >= 0.3 is 0 Å². The molecule has 2 nitrogen and oxygen atoms in total. The largest absolute Gasteiger partial charge is 0.325 e. The lowest BCUT2D eigenvalue weighted by Crippen LogP contribution is -2.25. The minimum atomic E-state index is 0.187. The molecule has 1 saturated carbocycles. The molecule has 2 unspecified atom stereocenters. The minimum Gasteiger partial charge on any atom is -0.325 e. The third-order valence-corrected chi connectivity index (χ3v) is 4.40.